The van der Waals surface area contributed by atoms with Crippen molar-refractivity contribution in [2.45, 2.75) is 11.8 Å². The van der Waals surface area contributed by atoms with Crippen LogP contribution in [0.3, 0.4) is 0 Å². The van der Waals surface area contributed by atoms with E-state index in [1.807, 2.05) is 35.9 Å². The van der Waals surface area contributed by atoms with Gasteiger partial charge in [-0.15, -0.1) is 0 Å². The summed E-state index contributed by atoms with van der Waals surface area (Å²) < 4.78 is 29.6. The summed E-state index contributed by atoms with van der Waals surface area (Å²) in [4.78, 5) is 8.89. The highest BCUT2D eigenvalue weighted by Gasteiger charge is 2.14. The number of hydrogen-bond acceptors (Lipinski definition) is 4. The zero-order valence-electron chi connectivity index (χ0n) is 14.0. The number of benzene rings is 2. The molecule has 0 saturated carbocycles. The second-order valence-corrected chi connectivity index (χ2v) is 7.63. The number of aromatic nitrogens is 3. The quantitative estimate of drug-likeness (QED) is 0.601. The van der Waals surface area contributed by atoms with Crippen molar-refractivity contribution in [1.29, 1.82) is 0 Å². The van der Waals surface area contributed by atoms with Crippen LogP contribution in [0.15, 0.2) is 78.1 Å². The SMILES string of the molecule is Cc1ccc(S(=O)(=O)Nc2cccc(-c3cn4cccnc4n3)c2)cc1. The van der Waals surface area contributed by atoms with Crippen LogP contribution in [0.4, 0.5) is 5.69 Å². The van der Waals surface area contributed by atoms with Crippen molar-refractivity contribution >= 4 is 21.5 Å². The second-order valence-electron chi connectivity index (χ2n) is 5.95. The number of nitrogens with one attached hydrogen (secondary N) is 1. The Labute approximate surface area is 151 Å². The molecular formula is C19H16N4O2S. The van der Waals surface area contributed by atoms with E-state index in [1.54, 1.807) is 48.7 Å². The summed E-state index contributed by atoms with van der Waals surface area (Å²) in [6, 6.07) is 15.7. The van der Waals surface area contributed by atoms with E-state index in [1.165, 1.54) is 0 Å². The second kappa shape index (κ2) is 6.27. The molecule has 0 aliphatic rings. The first-order chi connectivity index (χ1) is 12.5. The lowest BCUT2D eigenvalue weighted by atomic mass is 10.1. The maximum Gasteiger partial charge on any atom is 0.261 e. The van der Waals surface area contributed by atoms with Crippen LogP contribution in [0.5, 0.6) is 0 Å². The molecule has 0 aliphatic heterocycles. The van der Waals surface area contributed by atoms with Gasteiger partial charge in [-0.1, -0.05) is 29.8 Å². The summed E-state index contributed by atoms with van der Waals surface area (Å²) in [5.41, 5.74) is 3.01. The van der Waals surface area contributed by atoms with Gasteiger partial charge in [-0.05, 0) is 37.3 Å². The smallest absolute Gasteiger partial charge is 0.261 e. The molecule has 0 fully saturated rings. The molecule has 0 bridgehead atoms. The van der Waals surface area contributed by atoms with Gasteiger partial charge in [0.05, 0.1) is 10.6 Å². The van der Waals surface area contributed by atoms with Crippen molar-refractivity contribution in [3.8, 4) is 11.3 Å². The lowest BCUT2D eigenvalue weighted by Crippen LogP contribution is -2.12. The minimum atomic E-state index is -3.64. The predicted molar refractivity (Wildman–Crippen MR) is 100 cm³/mol. The normalized spacial score (nSPS) is 11.6. The Hall–Kier alpha value is -3.19. The standard InChI is InChI=1S/C19H16N4O2S/c1-14-6-8-17(9-7-14)26(24,25)22-16-5-2-4-15(12-16)18-13-23-11-3-10-20-19(23)21-18/h2-13,22H,1H3. The van der Waals surface area contributed by atoms with Crippen LogP contribution >= 0.6 is 0 Å². The Morgan fingerprint density at radius 2 is 1.85 bits per heavy atom. The Bertz CT molecular complexity index is 1150. The molecule has 0 aliphatic carbocycles. The minimum Gasteiger partial charge on any atom is -0.291 e. The Morgan fingerprint density at radius 1 is 1.04 bits per heavy atom. The molecule has 4 rings (SSSR count). The topological polar surface area (TPSA) is 76.4 Å². The van der Waals surface area contributed by atoms with Crippen LogP contribution in [0.2, 0.25) is 0 Å². The van der Waals surface area contributed by atoms with Gasteiger partial charge in [0.15, 0.2) is 0 Å². The van der Waals surface area contributed by atoms with Gasteiger partial charge >= 0.3 is 0 Å². The fraction of sp³-hybridized carbons (Fsp3) is 0.0526. The van der Waals surface area contributed by atoms with Crippen molar-refractivity contribution in [1.82, 2.24) is 14.4 Å². The number of fused-ring (bicyclic) bond motifs is 1. The third-order valence-corrected chi connectivity index (χ3v) is 5.37. The molecule has 0 unspecified atom stereocenters. The van der Waals surface area contributed by atoms with Crippen LogP contribution in [0.25, 0.3) is 17.0 Å². The molecule has 0 amide bonds. The summed E-state index contributed by atoms with van der Waals surface area (Å²) in [6.45, 7) is 1.91. The van der Waals surface area contributed by atoms with Gasteiger partial charge < -0.3 is 0 Å². The average Bonchev–Trinajstić information content (AvgIpc) is 3.06. The molecule has 6 nitrogen and oxygen atoms in total. The first-order valence-corrected chi connectivity index (χ1v) is 9.49. The summed E-state index contributed by atoms with van der Waals surface area (Å²) in [5, 5.41) is 0. The zero-order chi connectivity index (χ0) is 18.1. The van der Waals surface area contributed by atoms with Crippen molar-refractivity contribution in [3.05, 3.63) is 78.8 Å². The van der Waals surface area contributed by atoms with Gasteiger partial charge in [0.2, 0.25) is 5.78 Å². The summed E-state index contributed by atoms with van der Waals surface area (Å²) in [6.07, 6.45) is 5.40. The number of aryl methyl sites for hydroxylation is 1. The van der Waals surface area contributed by atoms with E-state index in [4.69, 9.17) is 0 Å². The van der Waals surface area contributed by atoms with E-state index >= 15 is 0 Å². The number of nitrogens with zero attached hydrogens (tertiary/aromatic N) is 3. The molecule has 0 saturated heterocycles. The summed E-state index contributed by atoms with van der Waals surface area (Å²) in [7, 11) is -3.64. The van der Waals surface area contributed by atoms with E-state index in [-0.39, 0.29) is 4.90 Å². The van der Waals surface area contributed by atoms with Gasteiger partial charge in [0.25, 0.3) is 10.0 Å². The van der Waals surface area contributed by atoms with Gasteiger partial charge in [-0.2, -0.15) is 0 Å². The molecular weight excluding hydrogens is 348 g/mol. The molecule has 1 N–H and O–H groups in total. The summed E-state index contributed by atoms with van der Waals surface area (Å²) in [5.74, 6) is 0.591. The van der Waals surface area contributed by atoms with E-state index in [0.717, 1.165) is 16.8 Å². The highest BCUT2D eigenvalue weighted by molar-refractivity contribution is 7.92. The molecule has 4 aromatic rings. The molecule has 2 aromatic carbocycles. The molecule has 130 valence electrons. The number of hydrogen-bond donors (Lipinski definition) is 1. The highest BCUT2D eigenvalue weighted by Crippen LogP contribution is 2.24. The van der Waals surface area contributed by atoms with Crippen molar-refractivity contribution in [2.24, 2.45) is 0 Å². The Balaban J connectivity index is 1.66. The fourth-order valence-electron chi connectivity index (χ4n) is 2.64. The maximum absolute atomic E-state index is 12.6. The molecule has 2 aromatic heterocycles. The molecule has 0 atom stereocenters. The zero-order valence-corrected chi connectivity index (χ0v) is 14.8. The van der Waals surface area contributed by atoms with Crippen LogP contribution in [0.1, 0.15) is 5.56 Å². The van der Waals surface area contributed by atoms with Crippen molar-refractivity contribution in [3.63, 3.8) is 0 Å². The van der Waals surface area contributed by atoms with Crippen molar-refractivity contribution in [2.75, 3.05) is 4.72 Å². The Morgan fingerprint density at radius 3 is 2.62 bits per heavy atom. The molecule has 0 spiro atoms. The first kappa shape index (κ1) is 16.3. The number of rotatable bonds is 4. The first-order valence-electron chi connectivity index (χ1n) is 8.01. The molecule has 0 radical (unpaired) electrons. The molecule has 2 heterocycles. The number of imidazole rings is 1. The van der Waals surface area contributed by atoms with Gasteiger partial charge in [0.1, 0.15) is 0 Å². The van der Waals surface area contributed by atoms with E-state index in [9.17, 15) is 8.42 Å². The minimum absolute atomic E-state index is 0.227. The van der Waals surface area contributed by atoms with Crippen LogP contribution in [0, 0.1) is 6.92 Å². The van der Waals surface area contributed by atoms with Crippen LogP contribution in [-0.4, -0.2) is 22.8 Å². The predicted octanol–water partition coefficient (Wildman–Crippen LogP) is 3.51. The lowest BCUT2D eigenvalue weighted by molar-refractivity contribution is 0.601. The van der Waals surface area contributed by atoms with Gasteiger partial charge in [-0.25, -0.2) is 18.4 Å². The average molecular weight is 364 g/mol. The van der Waals surface area contributed by atoms with Crippen LogP contribution in [-0.2, 0) is 10.0 Å². The Kier molecular flexibility index (Phi) is 3.93. The fourth-order valence-corrected chi connectivity index (χ4v) is 3.69. The van der Waals surface area contributed by atoms with Crippen LogP contribution < -0.4 is 4.72 Å². The highest BCUT2D eigenvalue weighted by atomic mass is 32.2. The van der Waals surface area contributed by atoms with E-state index < -0.39 is 10.0 Å². The number of sulfonamides is 1. The largest absolute Gasteiger partial charge is 0.291 e. The third-order valence-electron chi connectivity index (χ3n) is 3.98. The van der Waals surface area contributed by atoms with Gasteiger partial charge in [0, 0.05) is 29.8 Å². The lowest BCUT2D eigenvalue weighted by Gasteiger charge is -2.09. The summed E-state index contributed by atoms with van der Waals surface area (Å²) >= 11 is 0. The van der Waals surface area contributed by atoms with E-state index in [0.29, 0.717) is 11.5 Å². The monoisotopic (exact) mass is 364 g/mol. The maximum atomic E-state index is 12.6. The van der Waals surface area contributed by atoms with E-state index in [2.05, 4.69) is 14.7 Å². The molecule has 26 heavy (non-hydrogen) atoms. The molecule has 7 heteroatoms. The number of anilines is 1. The van der Waals surface area contributed by atoms with Gasteiger partial charge in [-0.3, -0.25) is 9.12 Å². The third kappa shape index (κ3) is 3.16. The van der Waals surface area contributed by atoms with Crippen molar-refractivity contribution < 1.29 is 8.42 Å².